The lowest BCUT2D eigenvalue weighted by Crippen LogP contribution is -2.35. The molecule has 27 heavy (non-hydrogen) atoms. The first kappa shape index (κ1) is 19.2. The summed E-state index contributed by atoms with van der Waals surface area (Å²) in [6.45, 7) is 5.66. The molecule has 0 saturated heterocycles. The number of benzene rings is 2. The van der Waals surface area contributed by atoms with Crippen molar-refractivity contribution in [3.05, 3.63) is 63.3 Å². The predicted octanol–water partition coefficient (Wildman–Crippen LogP) is 4.83. The van der Waals surface area contributed by atoms with E-state index in [0.29, 0.717) is 5.58 Å². The van der Waals surface area contributed by atoms with Crippen LogP contribution >= 0.6 is 15.9 Å². The molecule has 6 heteroatoms. The Kier molecular flexibility index (Phi) is 5.37. The average molecular weight is 429 g/mol. The summed E-state index contributed by atoms with van der Waals surface area (Å²) < 4.78 is 6.65. The Balaban J connectivity index is 1.76. The van der Waals surface area contributed by atoms with Gasteiger partial charge in [-0.2, -0.15) is 0 Å². The highest BCUT2D eigenvalue weighted by atomic mass is 79.9. The highest BCUT2D eigenvalue weighted by molar-refractivity contribution is 9.10. The van der Waals surface area contributed by atoms with Gasteiger partial charge in [0.15, 0.2) is 5.76 Å². The van der Waals surface area contributed by atoms with Gasteiger partial charge in [0.25, 0.3) is 5.91 Å². The van der Waals surface area contributed by atoms with Crippen LogP contribution in [0.25, 0.3) is 11.0 Å². The number of hydrogen-bond donors (Lipinski definition) is 1. The summed E-state index contributed by atoms with van der Waals surface area (Å²) in [5.74, 6) is -0.318. The Labute approximate surface area is 166 Å². The van der Waals surface area contributed by atoms with Crippen molar-refractivity contribution in [1.82, 2.24) is 4.90 Å². The molecular weight excluding hydrogens is 408 g/mol. The molecule has 3 aromatic rings. The summed E-state index contributed by atoms with van der Waals surface area (Å²) in [4.78, 5) is 26.6. The molecule has 2 amide bonds. The van der Waals surface area contributed by atoms with Crippen molar-refractivity contribution < 1.29 is 14.0 Å². The number of nitrogens with zero attached hydrogens (tertiary/aromatic N) is 1. The summed E-state index contributed by atoms with van der Waals surface area (Å²) in [6.07, 6.45) is 0. The predicted molar refractivity (Wildman–Crippen MR) is 110 cm³/mol. The molecule has 0 aliphatic rings. The normalized spacial score (nSPS) is 10.9. The third-order valence-electron chi connectivity index (χ3n) is 4.57. The third kappa shape index (κ3) is 3.90. The highest BCUT2D eigenvalue weighted by Crippen LogP contribution is 2.28. The van der Waals surface area contributed by atoms with Crippen LogP contribution in [-0.2, 0) is 4.79 Å². The largest absolute Gasteiger partial charge is 0.451 e. The molecule has 0 aliphatic carbocycles. The van der Waals surface area contributed by atoms with Gasteiger partial charge < -0.3 is 14.6 Å². The van der Waals surface area contributed by atoms with Crippen LogP contribution < -0.4 is 5.32 Å². The molecule has 0 fully saturated rings. The number of furan rings is 1. The fourth-order valence-corrected chi connectivity index (χ4v) is 3.41. The highest BCUT2D eigenvalue weighted by Gasteiger charge is 2.23. The zero-order valence-electron chi connectivity index (χ0n) is 15.7. The minimum absolute atomic E-state index is 0.0627. The van der Waals surface area contributed by atoms with Crippen molar-refractivity contribution in [1.29, 1.82) is 0 Å². The minimum atomic E-state index is -0.323. The third-order valence-corrected chi connectivity index (χ3v) is 5.06. The van der Waals surface area contributed by atoms with E-state index >= 15 is 0 Å². The van der Waals surface area contributed by atoms with E-state index in [1.807, 2.05) is 57.2 Å². The van der Waals surface area contributed by atoms with Gasteiger partial charge in [-0.05, 0) is 50.1 Å². The summed E-state index contributed by atoms with van der Waals surface area (Å²) in [7, 11) is 1.59. The molecular formula is C21H21BrN2O3. The Morgan fingerprint density at radius 2 is 1.78 bits per heavy atom. The quantitative estimate of drug-likeness (QED) is 0.646. The Hall–Kier alpha value is -2.60. The van der Waals surface area contributed by atoms with Gasteiger partial charge in [-0.15, -0.1) is 0 Å². The second-order valence-electron chi connectivity index (χ2n) is 6.67. The number of aryl methyl sites for hydroxylation is 3. The zero-order chi connectivity index (χ0) is 19.7. The number of amides is 2. The van der Waals surface area contributed by atoms with Gasteiger partial charge in [-0.3, -0.25) is 9.59 Å². The van der Waals surface area contributed by atoms with E-state index in [1.165, 1.54) is 4.90 Å². The van der Waals surface area contributed by atoms with Crippen molar-refractivity contribution in [3.63, 3.8) is 0 Å². The summed E-state index contributed by atoms with van der Waals surface area (Å²) in [5, 5.41) is 3.77. The standard InChI is InChI=1S/C21H21BrN2O3/c1-12-6-5-7-13(2)19(12)23-18(25)11-24(4)21(26)20-14(3)16-10-15(22)8-9-17(16)27-20/h5-10H,11H2,1-4H3,(H,23,25). The van der Waals surface area contributed by atoms with E-state index in [1.54, 1.807) is 7.05 Å². The second-order valence-corrected chi connectivity index (χ2v) is 7.59. The Morgan fingerprint density at radius 3 is 2.44 bits per heavy atom. The first-order chi connectivity index (χ1) is 12.8. The number of nitrogens with one attached hydrogen (secondary N) is 1. The Bertz CT molecular complexity index is 1020. The number of likely N-dealkylation sites (N-methyl/N-ethyl adjacent to an activating group) is 1. The first-order valence-electron chi connectivity index (χ1n) is 8.58. The van der Waals surface area contributed by atoms with Crippen LogP contribution in [0.15, 0.2) is 45.3 Å². The molecule has 140 valence electrons. The van der Waals surface area contributed by atoms with Crippen LogP contribution in [0.1, 0.15) is 27.2 Å². The van der Waals surface area contributed by atoms with Crippen LogP contribution in [0.2, 0.25) is 0 Å². The number of carbonyl (C=O) groups is 2. The maximum atomic E-state index is 12.8. The molecule has 1 N–H and O–H groups in total. The molecule has 1 aromatic heterocycles. The molecule has 0 spiro atoms. The van der Waals surface area contributed by atoms with Gasteiger partial charge in [0.05, 0.1) is 6.54 Å². The van der Waals surface area contributed by atoms with Crippen LogP contribution in [0.5, 0.6) is 0 Å². The van der Waals surface area contributed by atoms with Gasteiger partial charge in [0, 0.05) is 28.2 Å². The fourth-order valence-electron chi connectivity index (χ4n) is 3.05. The number of para-hydroxylation sites is 1. The van der Waals surface area contributed by atoms with Crippen molar-refractivity contribution in [3.8, 4) is 0 Å². The molecule has 1 heterocycles. The molecule has 2 aromatic carbocycles. The van der Waals surface area contributed by atoms with Gasteiger partial charge in [-0.25, -0.2) is 0 Å². The van der Waals surface area contributed by atoms with E-state index in [9.17, 15) is 9.59 Å². The molecule has 0 bridgehead atoms. The first-order valence-corrected chi connectivity index (χ1v) is 9.37. The lowest BCUT2D eigenvalue weighted by atomic mass is 10.1. The zero-order valence-corrected chi connectivity index (χ0v) is 17.3. The maximum Gasteiger partial charge on any atom is 0.290 e. The lowest BCUT2D eigenvalue weighted by molar-refractivity contribution is -0.116. The molecule has 0 atom stereocenters. The number of halogens is 1. The Morgan fingerprint density at radius 1 is 1.11 bits per heavy atom. The maximum absolute atomic E-state index is 12.8. The molecule has 0 unspecified atom stereocenters. The monoisotopic (exact) mass is 428 g/mol. The van der Waals surface area contributed by atoms with Crippen LogP contribution in [-0.4, -0.2) is 30.3 Å². The fraction of sp³-hybridized carbons (Fsp3) is 0.238. The van der Waals surface area contributed by atoms with E-state index in [-0.39, 0.29) is 24.1 Å². The second kappa shape index (κ2) is 7.56. The SMILES string of the molecule is Cc1cccc(C)c1NC(=O)CN(C)C(=O)c1oc2ccc(Br)cc2c1C. The lowest BCUT2D eigenvalue weighted by Gasteiger charge is -2.17. The van der Waals surface area contributed by atoms with Gasteiger partial charge >= 0.3 is 0 Å². The number of carbonyl (C=O) groups excluding carboxylic acids is 2. The van der Waals surface area contributed by atoms with Crippen molar-refractivity contribution >= 4 is 44.4 Å². The summed E-state index contributed by atoms with van der Waals surface area (Å²) in [5.41, 5.74) is 4.16. The summed E-state index contributed by atoms with van der Waals surface area (Å²) in [6, 6.07) is 11.4. The number of fused-ring (bicyclic) bond motifs is 1. The van der Waals surface area contributed by atoms with Gasteiger partial charge in [0.1, 0.15) is 5.58 Å². The summed E-state index contributed by atoms with van der Waals surface area (Å²) >= 11 is 3.43. The van der Waals surface area contributed by atoms with E-state index in [4.69, 9.17) is 4.42 Å². The molecule has 0 radical (unpaired) electrons. The number of anilines is 1. The van der Waals surface area contributed by atoms with Crippen LogP contribution in [0.4, 0.5) is 5.69 Å². The van der Waals surface area contributed by atoms with Gasteiger partial charge in [0.2, 0.25) is 5.91 Å². The van der Waals surface area contributed by atoms with Crippen molar-refractivity contribution in [2.24, 2.45) is 0 Å². The number of hydrogen-bond acceptors (Lipinski definition) is 3. The molecule has 3 rings (SSSR count). The van der Waals surface area contributed by atoms with Crippen molar-refractivity contribution in [2.75, 3.05) is 18.9 Å². The van der Waals surface area contributed by atoms with Crippen molar-refractivity contribution in [2.45, 2.75) is 20.8 Å². The molecule has 5 nitrogen and oxygen atoms in total. The van der Waals surface area contributed by atoms with Gasteiger partial charge in [-0.1, -0.05) is 34.1 Å². The smallest absolute Gasteiger partial charge is 0.290 e. The minimum Gasteiger partial charge on any atom is -0.451 e. The van der Waals surface area contributed by atoms with E-state index in [0.717, 1.165) is 32.2 Å². The average Bonchev–Trinajstić information content (AvgIpc) is 2.94. The van der Waals surface area contributed by atoms with E-state index < -0.39 is 0 Å². The van der Waals surface area contributed by atoms with Crippen LogP contribution in [0.3, 0.4) is 0 Å². The molecule has 0 aliphatic heterocycles. The topological polar surface area (TPSA) is 62.6 Å². The number of rotatable bonds is 4. The van der Waals surface area contributed by atoms with E-state index in [2.05, 4.69) is 21.2 Å². The molecule has 0 saturated carbocycles. The van der Waals surface area contributed by atoms with Crippen LogP contribution in [0, 0.1) is 20.8 Å².